The first kappa shape index (κ1) is 17.7. The second kappa shape index (κ2) is 8.82. The first-order valence-electron chi connectivity index (χ1n) is 7.94. The summed E-state index contributed by atoms with van der Waals surface area (Å²) < 4.78 is 2.01. The van der Waals surface area contributed by atoms with E-state index in [2.05, 4.69) is 37.3 Å². The predicted molar refractivity (Wildman–Crippen MR) is 84.2 cm³/mol. The molecule has 5 nitrogen and oxygen atoms in total. The number of nitrogens with one attached hydrogen (secondary N) is 1. The molecule has 2 N–H and O–H groups in total. The molecule has 0 aliphatic heterocycles. The van der Waals surface area contributed by atoms with Gasteiger partial charge in [0.2, 0.25) is 0 Å². The Bertz CT molecular complexity index is 431. The lowest BCUT2D eigenvalue weighted by molar-refractivity contribution is -0.141. The Hall–Kier alpha value is -1.36. The van der Waals surface area contributed by atoms with Crippen molar-refractivity contribution in [1.29, 1.82) is 0 Å². The molecule has 3 atom stereocenters. The van der Waals surface area contributed by atoms with Gasteiger partial charge in [-0.2, -0.15) is 5.10 Å². The highest BCUT2D eigenvalue weighted by Crippen LogP contribution is 2.11. The lowest BCUT2D eigenvalue weighted by Crippen LogP contribution is -2.26. The molecule has 0 aromatic carbocycles. The molecule has 1 rings (SSSR count). The second-order valence-electron chi connectivity index (χ2n) is 6.00. The van der Waals surface area contributed by atoms with Crippen LogP contribution >= 0.6 is 0 Å². The Balaban J connectivity index is 2.25. The zero-order chi connectivity index (χ0) is 15.8. The number of hydrogen-bond donors (Lipinski definition) is 2. The Kier molecular flexibility index (Phi) is 7.43. The highest BCUT2D eigenvalue weighted by Gasteiger charge is 2.11. The van der Waals surface area contributed by atoms with Crippen molar-refractivity contribution < 1.29 is 9.90 Å². The van der Waals surface area contributed by atoms with Crippen molar-refractivity contribution in [2.75, 3.05) is 0 Å². The van der Waals surface area contributed by atoms with E-state index in [1.807, 2.05) is 10.9 Å². The van der Waals surface area contributed by atoms with E-state index < -0.39 is 5.97 Å². The van der Waals surface area contributed by atoms with Crippen LogP contribution in [0.4, 0.5) is 0 Å². The molecule has 120 valence electrons. The van der Waals surface area contributed by atoms with Crippen molar-refractivity contribution in [3.05, 3.63) is 18.0 Å². The highest BCUT2D eigenvalue weighted by molar-refractivity contribution is 5.69. The zero-order valence-corrected chi connectivity index (χ0v) is 13.7. The fourth-order valence-electron chi connectivity index (χ4n) is 2.14. The van der Waals surface area contributed by atoms with E-state index in [0.29, 0.717) is 12.1 Å². The maximum Gasteiger partial charge on any atom is 0.306 e. The number of nitrogens with zero attached hydrogens (tertiary/aromatic N) is 2. The summed E-state index contributed by atoms with van der Waals surface area (Å²) in [4.78, 5) is 10.7. The fourth-order valence-corrected chi connectivity index (χ4v) is 2.14. The van der Waals surface area contributed by atoms with Gasteiger partial charge in [-0.05, 0) is 39.2 Å². The maximum absolute atomic E-state index is 10.7. The van der Waals surface area contributed by atoms with E-state index in [9.17, 15) is 4.79 Å². The first-order chi connectivity index (χ1) is 9.93. The SMILES string of the molecule is CCC(C)n1ccc(CNC(C)CCCC(C)C(=O)O)n1. The minimum atomic E-state index is -0.703. The molecule has 0 bridgehead atoms. The average Bonchev–Trinajstić information content (AvgIpc) is 2.92. The number of carboxylic acids is 1. The van der Waals surface area contributed by atoms with E-state index in [-0.39, 0.29) is 5.92 Å². The van der Waals surface area contributed by atoms with Crippen LogP contribution in [0.2, 0.25) is 0 Å². The van der Waals surface area contributed by atoms with Crippen LogP contribution in [-0.4, -0.2) is 26.9 Å². The second-order valence-corrected chi connectivity index (χ2v) is 6.00. The third kappa shape index (κ3) is 6.29. The lowest BCUT2D eigenvalue weighted by Gasteiger charge is -2.14. The van der Waals surface area contributed by atoms with Gasteiger partial charge < -0.3 is 10.4 Å². The van der Waals surface area contributed by atoms with E-state index in [1.165, 1.54) is 0 Å². The Labute approximate surface area is 127 Å². The number of aromatic nitrogens is 2. The van der Waals surface area contributed by atoms with Crippen molar-refractivity contribution in [3.8, 4) is 0 Å². The monoisotopic (exact) mass is 295 g/mol. The van der Waals surface area contributed by atoms with Crippen molar-refractivity contribution in [1.82, 2.24) is 15.1 Å². The quantitative estimate of drug-likeness (QED) is 0.695. The Morgan fingerprint density at radius 1 is 1.38 bits per heavy atom. The number of rotatable bonds is 10. The minimum absolute atomic E-state index is 0.247. The molecule has 5 heteroatoms. The first-order valence-corrected chi connectivity index (χ1v) is 7.94. The van der Waals surface area contributed by atoms with Crippen molar-refractivity contribution in [2.24, 2.45) is 5.92 Å². The molecule has 1 aromatic heterocycles. The van der Waals surface area contributed by atoms with Crippen LogP contribution in [-0.2, 0) is 11.3 Å². The normalized spacial score (nSPS) is 15.6. The Morgan fingerprint density at radius 2 is 2.10 bits per heavy atom. The smallest absolute Gasteiger partial charge is 0.306 e. The molecule has 3 unspecified atom stereocenters. The molecule has 1 aromatic rings. The molecule has 0 spiro atoms. The molecule has 0 radical (unpaired) electrons. The summed E-state index contributed by atoms with van der Waals surface area (Å²) in [6.07, 6.45) is 5.77. The third-order valence-electron chi connectivity index (χ3n) is 4.03. The summed E-state index contributed by atoms with van der Waals surface area (Å²) in [5.41, 5.74) is 1.06. The molecule has 1 heterocycles. The van der Waals surface area contributed by atoms with Crippen LogP contribution in [0.1, 0.15) is 65.1 Å². The third-order valence-corrected chi connectivity index (χ3v) is 4.03. The van der Waals surface area contributed by atoms with Crippen molar-refractivity contribution in [3.63, 3.8) is 0 Å². The molecule has 0 amide bonds. The Morgan fingerprint density at radius 3 is 2.71 bits per heavy atom. The van der Waals surface area contributed by atoms with Crippen LogP contribution in [0, 0.1) is 5.92 Å². The van der Waals surface area contributed by atoms with Gasteiger partial charge in [-0.1, -0.05) is 20.3 Å². The van der Waals surface area contributed by atoms with E-state index in [4.69, 9.17) is 5.11 Å². The molecule has 0 saturated heterocycles. The molecule has 0 aliphatic rings. The average molecular weight is 295 g/mol. The number of carboxylic acid groups (broad SMARTS) is 1. The number of carbonyl (C=O) groups is 1. The summed E-state index contributed by atoms with van der Waals surface area (Å²) in [5, 5.41) is 16.9. The zero-order valence-electron chi connectivity index (χ0n) is 13.7. The molecule has 21 heavy (non-hydrogen) atoms. The van der Waals surface area contributed by atoms with Crippen LogP contribution < -0.4 is 5.32 Å². The summed E-state index contributed by atoms with van der Waals surface area (Å²) in [6, 6.07) is 2.87. The van der Waals surface area contributed by atoms with Gasteiger partial charge in [0.1, 0.15) is 0 Å². The van der Waals surface area contributed by atoms with Gasteiger partial charge in [0.25, 0.3) is 0 Å². The van der Waals surface area contributed by atoms with Gasteiger partial charge in [-0.25, -0.2) is 0 Å². The summed E-state index contributed by atoms with van der Waals surface area (Å²) in [7, 11) is 0. The van der Waals surface area contributed by atoms with Crippen LogP contribution in [0.15, 0.2) is 12.3 Å². The molecule has 0 aliphatic carbocycles. The maximum atomic E-state index is 10.7. The van der Waals surface area contributed by atoms with Crippen LogP contribution in [0.3, 0.4) is 0 Å². The highest BCUT2D eigenvalue weighted by atomic mass is 16.4. The fraction of sp³-hybridized carbons (Fsp3) is 0.750. The molecule has 0 saturated carbocycles. The van der Waals surface area contributed by atoms with Crippen LogP contribution in [0.5, 0.6) is 0 Å². The number of aliphatic carboxylic acids is 1. The van der Waals surface area contributed by atoms with Crippen molar-refractivity contribution >= 4 is 5.97 Å². The van der Waals surface area contributed by atoms with E-state index in [0.717, 1.165) is 37.9 Å². The van der Waals surface area contributed by atoms with Gasteiger partial charge in [-0.15, -0.1) is 0 Å². The van der Waals surface area contributed by atoms with Gasteiger partial charge in [0.15, 0.2) is 0 Å². The molecular formula is C16H29N3O2. The largest absolute Gasteiger partial charge is 0.481 e. The summed E-state index contributed by atoms with van der Waals surface area (Å²) in [5.74, 6) is -0.949. The van der Waals surface area contributed by atoms with Crippen LogP contribution in [0.25, 0.3) is 0 Å². The van der Waals surface area contributed by atoms with Gasteiger partial charge >= 0.3 is 5.97 Å². The molecule has 0 fully saturated rings. The molecular weight excluding hydrogens is 266 g/mol. The van der Waals surface area contributed by atoms with E-state index in [1.54, 1.807) is 6.92 Å². The lowest BCUT2D eigenvalue weighted by atomic mass is 10.0. The van der Waals surface area contributed by atoms with Crippen molar-refractivity contribution in [2.45, 2.75) is 72.0 Å². The minimum Gasteiger partial charge on any atom is -0.481 e. The van der Waals surface area contributed by atoms with Gasteiger partial charge in [0.05, 0.1) is 11.6 Å². The number of hydrogen-bond acceptors (Lipinski definition) is 3. The van der Waals surface area contributed by atoms with E-state index >= 15 is 0 Å². The topological polar surface area (TPSA) is 67.2 Å². The predicted octanol–water partition coefficient (Wildman–Crippen LogP) is 3.22. The van der Waals surface area contributed by atoms with Gasteiger partial charge in [0, 0.05) is 24.8 Å². The van der Waals surface area contributed by atoms with Gasteiger partial charge in [-0.3, -0.25) is 9.48 Å². The standard InChI is InChI=1S/C16H29N3O2/c1-5-14(4)19-10-9-15(18-19)11-17-13(3)8-6-7-12(2)16(20)21/h9-10,12-14,17H,5-8,11H2,1-4H3,(H,20,21). The summed E-state index contributed by atoms with van der Waals surface area (Å²) >= 11 is 0. The summed E-state index contributed by atoms with van der Waals surface area (Å²) in [6.45, 7) is 8.99.